The Bertz CT molecular complexity index is 823. The molecule has 7 heteroatoms. The molecule has 1 fully saturated rings. The summed E-state index contributed by atoms with van der Waals surface area (Å²) in [6, 6.07) is 13.7. The van der Waals surface area contributed by atoms with E-state index in [0.717, 1.165) is 69.4 Å². The van der Waals surface area contributed by atoms with E-state index in [1.165, 1.54) is 17.2 Å². The second-order valence-corrected chi connectivity index (χ2v) is 7.65. The number of nitrogens with one attached hydrogen (secondary N) is 2. The van der Waals surface area contributed by atoms with Gasteiger partial charge in [-0.3, -0.25) is 4.90 Å². The first-order valence-corrected chi connectivity index (χ1v) is 10.8. The largest absolute Gasteiger partial charge is 0.379 e. The summed E-state index contributed by atoms with van der Waals surface area (Å²) in [6.07, 6.45) is 0.826. The van der Waals surface area contributed by atoms with Crippen molar-refractivity contribution in [1.82, 2.24) is 15.5 Å². The lowest BCUT2D eigenvalue weighted by Gasteiger charge is -2.26. The molecule has 0 aliphatic carbocycles. The van der Waals surface area contributed by atoms with E-state index in [4.69, 9.17) is 9.73 Å². The number of hydrogen-bond donors (Lipinski definition) is 2. The summed E-state index contributed by atoms with van der Waals surface area (Å²) >= 11 is 0. The zero-order chi connectivity index (χ0) is 21.2. The van der Waals surface area contributed by atoms with E-state index >= 15 is 0 Å². The Morgan fingerprint density at radius 1 is 1.06 bits per heavy atom. The summed E-state index contributed by atoms with van der Waals surface area (Å²) in [4.78, 5) is 7.13. The lowest BCUT2D eigenvalue weighted by atomic mass is 10.1. The van der Waals surface area contributed by atoms with Crippen molar-refractivity contribution >= 4 is 29.9 Å². The van der Waals surface area contributed by atoms with Gasteiger partial charge < -0.3 is 15.4 Å². The van der Waals surface area contributed by atoms with E-state index in [9.17, 15) is 4.39 Å². The van der Waals surface area contributed by atoms with Gasteiger partial charge in [0.2, 0.25) is 0 Å². The Kier molecular flexibility index (Phi) is 11.2. The quantitative estimate of drug-likeness (QED) is 0.303. The van der Waals surface area contributed by atoms with Crippen LogP contribution in [0.2, 0.25) is 0 Å². The molecule has 0 amide bonds. The normalized spacial score (nSPS) is 14.7. The minimum absolute atomic E-state index is 0. The zero-order valence-corrected chi connectivity index (χ0v) is 20.8. The van der Waals surface area contributed by atoms with Gasteiger partial charge in [0.1, 0.15) is 5.82 Å². The summed E-state index contributed by atoms with van der Waals surface area (Å²) < 4.78 is 18.7. The monoisotopic (exact) mass is 540 g/mol. The molecule has 0 atom stereocenters. The van der Waals surface area contributed by atoms with Crippen LogP contribution in [0.5, 0.6) is 0 Å². The molecule has 1 saturated heterocycles. The molecule has 0 unspecified atom stereocenters. The molecular formula is C24H34FIN4O. The van der Waals surface area contributed by atoms with E-state index in [0.29, 0.717) is 6.54 Å². The van der Waals surface area contributed by atoms with Crippen LogP contribution in [-0.4, -0.2) is 50.3 Å². The first-order valence-electron chi connectivity index (χ1n) is 10.8. The summed E-state index contributed by atoms with van der Waals surface area (Å²) in [5.74, 6) is 0.615. The van der Waals surface area contributed by atoms with Crippen molar-refractivity contribution in [2.45, 2.75) is 33.4 Å². The van der Waals surface area contributed by atoms with Crippen molar-refractivity contribution in [3.05, 3.63) is 70.5 Å². The molecule has 1 aliphatic rings. The number of ether oxygens (including phenoxy) is 1. The Balaban J connectivity index is 0.00000341. The van der Waals surface area contributed by atoms with Gasteiger partial charge in [-0.1, -0.05) is 30.3 Å². The topological polar surface area (TPSA) is 48.9 Å². The van der Waals surface area contributed by atoms with Crippen molar-refractivity contribution in [3.8, 4) is 0 Å². The van der Waals surface area contributed by atoms with Crippen LogP contribution in [0.4, 0.5) is 4.39 Å². The third-order valence-electron chi connectivity index (χ3n) is 5.29. The lowest BCUT2D eigenvalue weighted by molar-refractivity contribution is 0.0342. The molecule has 0 radical (unpaired) electrons. The maximum Gasteiger partial charge on any atom is 0.191 e. The highest BCUT2D eigenvalue weighted by Gasteiger charge is 2.10. The second-order valence-electron chi connectivity index (χ2n) is 7.65. The molecule has 1 aliphatic heterocycles. The van der Waals surface area contributed by atoms with Gasteiger partial charge in [0.05, 0.1) is 19.8 Å². The molecule has 2 aromatic carbocycles. The molecule has 31 heavy (non-hydrogen) atoms. The van der Waals surface area contributed by atoms with Crippen LogP contribution in [0.25, 0.3) is 0 Å². The van der Waals surface area contributed by atoms with Crippen molar-refractivity contribution in [2.24, 2.45) is 4.99 Å². The van der Waals surface area contributed by atoms with E-state index in [1.807, 2.05) is 13.0 Å². The van der Waals surface area contributed by atoms with Crippen LogP contribution in [0.3, 0.4) is 0 Å². The SMILES string of the molecule is CCNC(=NCc1ccc(CN2CCOCC2)cc1)NCCc1ccc(F)cc1C.I. The predicted molar refractivity (Wildman–Crippen MR) is 136 cm³/mol. The molecule has 0 spiro atoms. The minimum Gasteiger partial charge on any atom is -0.379 e. The van der Waals surface area contributed by atoms with Gasteiger partial charge in [-0.2, -0.15) is 0 Å². The molecule has 2 N–H and O–H groups in total. The van der Waals surface area contributed by atoms with Gasteiger partial charge in [0.15, 0.2) is 5.96 Å². The van der Waals surface area contributed by atoms with Gasteiger partial charge in [-0.05, 0) is 54.7 Å². The average molecular weight is 540 g/mol. The van der Waals surface area contributed by atoms with Crippen LogP contribution in [0.15, 0.2) is 47.5 Å². The van der Waals surface area contributed by atoms with Gasteiger partial charge >= 0.3 is 0 Å². The molecule has 5 nitrogen and oxygen atoms in total. The Hall–Kier alpha value is -1.71. The molecule has 170 valence electrons. The highest BCUT2D eigenvalue weighted by atomic mass is 127. The molecule has 0 bridgehead atoms. The number of rotatable bonds is 8. The molecule has 0 saturated carbocycles. The summed E-state index contributed by atoms with van der Waals surface area (Å²) in [6.45, 7) is 10.8. The van der Waals surface area contributed by atoms with Crippen molar-refractivity contribution in [3.63, 3.8) is 0 Å². The smallest absolute Gasteiger partial charge is 0.191 e. The van der Waals surface area contributed by atoms with E-state index in [-0.39, 0.29) is 29.8 Å². The molecule has 3 rings (SSSR count). The number of guanidine groups is 1. The molecule has 0 aromatic heterocycles. The number of morpholine rings is 1. The maximum absolute atomic E-state index is 13.3. The summed E-state index contributed by atoms with van der Waals surface area (Å²) in [7, 11) is 0. The highest BCUT2D eigenvalue weighted by molar-refractivity contribution is 14.0. The van der Waals surface area contributed by atoms with Gasteiger partial charge in [-0.25, -0.2) is 9.38 Å². The third-order valence-corrected chi connectivity index (χ3v) is 5.29. The Morgan fingerprint density at radius 3 is 2.45 bits per heavy atom. The average Bonchev–Trinajstić information content (AvgIpc) is 2.75. The number of halogens is 2. The Morgan fingerprint density at radius 2 is 1.77 bits per heavy atom. The van der Waals surface area contributed by atoms with Crippen molar-refractivity contribution in [1.29, 1.82) is 0 Å². The molecule has 2 aromatic rings. The fraction of sp³-hybridized carbons (Fsp3) is 0.458. The van der Waals surface area contributed by atoms with Crippen LogP contribution in [0, 0.1) is 12.7 Å². The van der Waals surface area contributed by atoms with Crippen LogP contribution in [0.1, 0.15) is 29.2 Å². The number of hydrogen-bond acceptors (Lipinski definition) is 3. The summed E-state index contributed by atoms with van der Waals surface area (Å²) in [5, 5.41) is 6.66. The van der Waals surface area contributed by atoms with E-state index in [2.05, 4.69) is 46.7 Å². The van der Waals surface area contributed by atoms with Gasteiger partial charge in [0, 0.05) is 32.7 Å². The number of aliphatic imine (C=N–C) groups is 1. The van der Waals surface area contributed by atoms with E-state index in [1.54, 1.807) is 6.07 Å². The molecular weight excluding hydrogens is 506 g/mol. The van der Waals surface area contributed by atoms with Gasteiger partial charge in [0.25, 0.3) is 0 Å². The van der Waals surface area contributed by atoms with Crippen molar-refractivity contribution in [2.75, 3.05) is 39.4 Å². The van der Waals surface area contributed by atoms with Crippen molar-refractivity contribution < 1.29 is 9.13 Å². The fourth-order valence-corrected chi connectivity index (χ4v) is 3.54. The highest BCUT2D eigenvalue weighted by Crippen LogP contribution is 2.11. The molecule has 1 heterocycles. The van der Waals surface area contributed by atoms with Crippen LogP contribution < -0.4 is 10.6 Å². The van der Waals surface area contributed by atoms with Crippen LogP contribution in [-0.2, 0) is 24.2 Å². The number of nitrogens with zero attached hydrogens (tertiary/aromatic N) is 2. The maximum atomic E-state index is 13.3. The minimum atomic E-state index is -0.185. The third kappa shape index (κ3) is 8.74. The first-order chi connectivity index (χ1) is 14.6. The number of benzene rings is 2. The van der Waals surface area contributed by atoms with Gasteiger partial charge in [-0.15, -0.1) is 24.0 Å². The standard InChI is InChI=1S/C24H33FN4O.HI/c1-3-26-24(27-11-10-22-8-9-23(25)16-19(22)2)28-17-20-4-6-21(7-5-20)18-29-12-14-30-15-13-29;/h4-9,16H,3,10-15,17-18H2,1-2H3,(H2,26,27,28);1H. The Labute approximate surface area is 202 Å². The van der Waals surface area contributed by atoms with E-state index < -0.39 is 0 Å². The zero-order valence-electron chi connectivity index (χ0n) is 18.5. The predicted octanol–water partition coefficient (Wildman–Crippen LogP) is 3.88. The lowest BCUT2D eigenvalue weighted by Crippen LogP contribution is -2.38. The van der Waals surface area contributed by atoms with Crippen LogP contribution >= 0.6 is 24.0 Å². The second kappa shape index (κ2) is 13.6. The fourth-order valence-electron chi connectivity index (χ4n) is 3.54. The summed E-state index contributed by atoms with van der Waals surface area (Å²) in [5.41, 5.74) is 4.64. The number of aryl methyl sites for hydroxylation is 1. The first kappa shape index (κ1) is 25.5.